The average molecular weight is 555 g/mol. The lowest BCUT2D eigenvalue weighted by Gasteiger charge is -2.29. The number of hydrogen-bond acceptors (Lipinski definition) is 3. The third kappa shape index (κ3) is 3.87. The van der Waals surface area contributed by atoms with Crippen LogP contribution in [-0.4, -0.2) is 9.55 Å². The number of rotatable bonds is 2. The summed E-state index contributed by atoms with van der Waals surface area (Å²) in [4.78, 5) is 7.31. The molecule has 7 aromatic rings. The number of nitrogens with zero attached hydrogens (tertiary/aromatic N) is 3. The maximum atomic E-state index is 4.84. The fourth-order valence-electron chi connectivity index (χ4n) is 7.14. The molecule has 0 bridgehead atoms. The van der Waals surface area contributed by atoms with Crippen LogP contribution in [0.1, 0.15) is 22.3 Å². The van der Waals surface area contributed by atoms with Gasteiger partial charge in [-0.2, -0.15) is 0 Å². The minimum Gasteiger partial charge on any atom is -0.355 e. The van der Waals surface area contributed by atoms with Gasteiger partial charge < -0.3 is 10.2 Å². The van der Waals surface area contributed by atoms with Crippen LogP contribution in [0.5, 0.6) is 0 Å². The highest BCUT2D eigenvalue weighted by molar-refractivity contribution is 6.07. The number of para-hydroxylation sites is 3. The Morgan fingerprint density at radius 2 is 1.26 bits per heavy atom. The second-order valence-electron chi connectivity index (χ2n) is 11.6. The molecule has 2 aliphatic heterocycles. The van der Waals surface area contributed by atoms with E-state index in [1.807, 2.05) is 12.3 Å². The molecule has 0 spiro atoms. The van der Waals surface area contributed by atoms with Gasteiger partial charge in [0.15, 0.2) is 0 Å². The first-order valence-electron chi connectivity index (χ1n) is 15.2. The summed E-state index contributed by atoms with van der Waals surface area (Å²) in [5, 5.41) is 6.19. The highest BCUT2D eigenvalue weighted by Gasteiger charge is 2.25. The summed E-state index contributed by atoms with van der Waals surface area (Å²) in [6.45, 7) is 0. The fraction of sp³-hybridized carbons (Fsp3) is 0.103. The van der Waals surface area contributed by atoms with Gasteiger partial charge in [-0.15, -0.1) is 0 Å². The van der Waals surface area contributed by atoms with Crippen LogP contribution in [0.4, 0.5) is 28.4 Å². The molecule has 0 aliphatic carbocycles. The second kappa shape index (κ2) is 9.60. The normalized spacial score (nSPS) is 13.8. The molecule has 0 atom stereocenters. The number of nitrogens with one attached hydrogen (secondary N) is 1. The van der Waals surface area contributed by atoms with Gasteiger partial charge in [0, 0.05) is 45.4 Å². The van der Waals surface area contributed by atoms with E-state index in [1.54, 1.807) is 0 Å². The van der Waals surface area contributed by atoms with Crippen molar-refractivity contribution in [2.45, 2.75) is 25.7 Å². The number of aromatic nitrogens is 2. The molecule has 5 aromatic carbocycles. The summed E-state index contributed by atoms with van der Waals surface area (Å²) in [5.74, 6) is 0. The van der Waals surface area contributed by atoms with E-state index in [0.717, 1.165) is 42.7 Å². The van der Waals surface area contributed by atoms with Gasteiger partial charge in [-0.25, -0.2) is 4.98 Å². The van der Waals surface area contributed by atoms with E-state index in [0.29, 0.717) is 0 Å². The maximum Gasteiger partial charge on any atom is 0.145 e. The van der Waals surface area contributed by atoms with Gasteiger partial charge >= 0.3 is 0 Å². The molecule has 9 rings (SSSR count). The Morgan fingerprint density at radius 1 is 0.512 bits per heavy atom. The minimum absolute atomic E-state index is 0.978. The third-order valence-corrected chi connectivity index (χ3v) is 9.17. The smallest absolute Gasteiger partial charge is 0.145 e. The molecule has 2 aromatic heterocycles. The Kier molecular flexibility index (Phi) is 5.42. The highest BCUT2D eigenvalue weighted by Crippen LogP contribution is 2.45. The molecular formula is C39H30N4. The van der Waals surface area contributed by atoms with Crippen molar-refractivity contribution in [2.24, 2.45) is 0 Å². The van der Waals surface area contributed by atoms with Crippen LogP contribution in [0, 0.1) is 0 Å². The van der Waals surface area contributed by atoms with Crippen LogP contribution in [0.3, 0.4) is 0 Å². The van der Waals surface area contributed by atoms with Crippen molar-refractivity contribution in [3.05, 3.63) is 150 Å². The molecule has 1 N–H and O–H groups in total. The first-order chi connectivity index (χ1) is 21.3. The highest BCUT2D eigenvalue weighted by atomic mass is 15.2. The largest absolute Gasteiger partial charge is 0.355 e. The molecule has 0 amide bonds. The average Bonchev–Trinajstić information content (AvgIpc) is 3.16. The van der Waals surface area contributed by atoms with Crippen molar-refractivity contribution < 1.29 is 0 Å². The van der Waals surface area contributed by atoms with Crippen LogP contribution in [0.2, 0.25) is 0 Å². The van der Waals surface area contributed by atoms with Crippen LogP contribution < -0.4 is 10.2 Å². The Morgan fingerprint density at radius 3 is 2.23 bits per heavy atom. The SMILES string of the molecule is c1cc(N2c3ccccc3CCc3cc4c(cc32)Nc2ccccc2CC4)cc(-n2c3ccccc3c3cccnc32)c1. The Hall–Kier alpha value is -5.35. The number of aryl methyl sites for hydroxylation is 4. The van der Waals surface area contributed by atoms with Gasteiger partial charge in [0.05, 0.1) is 11.2 Å². The minimum atomic E-state index is 0.978. The van der Waals surface area contributed by atoms with E-state index in [2.05, 4.69) is 130 Å². The molecule has 206 valence electrons. The lowest BCUT2D eigenvalue weighted by Crippen LogP contribution is -2.13. The quantitative estimate of drug-likeness (QED) is 0.231. The van der Waals surface area contributed by atoms with Crippen molar-refractivity contribution in [3.8, 4) is 5.69 Å². The molecular weight excluding hydrogens is 524 g/mol. The summed E-state index contributed by atoms with van der Waals surface area (Å²) in [6, 6.07) is 44.2. The monoisotopic (exact) mass is 554 g/mol. The van der Waals surface area contributed by atoms with Crippen LogP contribution in [0.15, 0.2) is 128 Å². The van der Waals surface area contributed by atoms with Crippen molar-refractivity contribution in [3.63, 3.8) is 0 Å². The number of pyridine rings is 1. The molecule has 4 heterocycles. The molecule has 0 unspecified atom stereocenters. The summed E-state index contributed by atoms with van der Waals surface area (Å²) in [5.41, 5.74) is 14.8. The topological polar surface area (TPSA) is 33.1 Å². The lowest BCUT2D eigenvalue weighted by atomic mass is 9.98. The van der Waals surface area contributed by atoms with E-state index in [1.165, 1.54) is 61.3 Å². The van der Waals surface area contributed by atoms with E-state index in [9.17, 15) is 0 Å². The number of anilines is 5. The predicted molar refractivity (Wildman–Crippen MR) is 178 cm³/mol. The lowest BCUT2D eigenvalue weighted by molar-refractivity contribution is 0.950. The Bertz CT molecular complexity index is 2140. The summed E-state index contributed by atoms with van der Waals surface area (Å²) in [7, 11) is 0. The first-order valence-corrected chi connectivity index (χ1v) is 15.2. The van der Waals surface area contributed by atoms with Gasteiger partial charge in [-0.3, -0.25) is 4.57 Å². The van der Waals surface area contributed by atoms with Crippen molar-refractivity contribution in [1.82, 2.24) is 9.55 Å². The van der Waals surface area contributed by atoms with Gasteiger partial charge in [0.1, 0.15) is 5.65 Å². The summed E-state index contributed by atoms with van der Waals surface area (Å²) >= 11 is 0. The molecule has 2 aliphatic rings. The second-order valence-corrected chi connectivity index (χ2v) is 11.6. The number of fused-ring (bicyclic) bond motifs is 7. The zero-order valence-electron chi connectivity index (χ0n) is 23.8. The predicted octanol–water partition coefficient (Wildman–Crippen LogP) is 9.59. The molecule has 0 radical (unpaired) electrons. The summed E-state index contributed by atoms with van der Waals surface area (Å²) < 4.78 is 2.30. The van der Waals surface area contributed by atoms with Gasteiger partial charge in [-0.05, 0) is 103 Å². The van der Waals surface area contributed by atoms with Crippen LogP contribution in [-0.2, 0) is 25.7 Å². The first kappa shape index (κ1) is 24.3. The zero-order chi connectivity index (χ0) is 28.3. The molecule has 0 saturated heterocycles. The van der Waals surface area contributed by atoms with Crippen molar-refractivity contribution >= 4 is 50.4 Å². The number of hydrogen-bond donors (Lipinski definition) is 1. The zero-order valence-corrected chi connectivity index (χ0v) is 23.8. The fourth-order valence-corrected chi connectivity index (χ4v) is 7.14. The molecule has 4 nitrogen and oxygen atoms in total. The van der Waals surface area contributed by atoms with Crippen LogP contribution >= 0.6 is 0 Å². The molecule has 43 heavy (non-hydrogen) atoms. The maximum absolute atomic E-state index is 4.84. The van der Waals surface area contributed by atoms with Crippen molar-refractivity contribution in [1.29, 1.82) is 0 Å². The van der Waals surface area contributed by atoms with Gasteiger partial charge in [-0.1, -0.05) is 66.7 Å². The molecule has 0 saturated carbocycles. The third-order valence-electron chi connectivity index (χ3n) is 9.17. The van der Waals surface area contributed by atoms with Gasteiger partial charge in [0.2, 0.25) is 0 Å². The van der Waals surface area contributed by atoms with Gasteiger partial charge in [0.25, 0.3) is 0 Å². The number of benzene rings is 5. The standard InChI is InChI=1S/C39H30N4/c1-4-15-34-26(9-1)18-20-28-23-29-21-19-27-10-2-5-16-36(27)42(38(29)25-35(28)41-34)30-11-7-12-31(24-30)43-37-17-6-3-13-32(37)33-14-8-22-40-39(33)43/h1-17,22-25,41H,18-21H2. The molecule has 4 heteroatoms. The van der Waals surface area contributed by atoms with E-state index in [-0.39, 0.29) is 0 Å². The van der Waals surface area contributed by atoms with Crippen LogP contribution in [0.25, 0.3) is 27.6 Å². The Balaban J connectivity index is 1.25. The van der Waals surface area contributed by atoms with E-state index >= 15 is 0 Å². The van der Waals surface area contributed by atoms with Crippen molar-refractivity contribution in [2.75, 3.05) is 10.2 Å². The summed E-state index contributed by atoms with van der Waals surface area (Å²) in [6.07, 6.45) is 6.01. The Labute approximate surface area is 250 Å². The van der Waals surface area contributed by atoms with E-state index in [4.69, 9.17) is 4.98 Å². The van der Waals surface area contributed by atoms with E-state index < -0.39 is 0 Å². The molecule has 0 fully saturated rings.